The van der Waals surface area contributed by atoms with Crippen LogP contribution >= 0.6 is 27.3 Å². The Kier molecular flexibility index (Phi) is 4.10. The smallest absolute Gasteiger partial charge is 0.252 e. The fourth-order valence-electron chi connectivity index (χ4n) is 1.38. The van der Waals surface area contributed by atoms with Crippen LogP contribution in [0.3, 0.4) is 0 Å². The number of nitrogens with zero attached hydrogens (tertiary/aromatic N) is 1. The van der Waals surface area contributed by atoms with Crippen LogP contribution in [0.5, 0.6) is 0 Å². The zero-order valence-corrected chi connectivity index (χ0v) is 12.9. The molecule has 0 saturated heterocycles. The van der Waals surface area contributed by atoms with Gasteiger partial charge in [0, 0.05) is 13.1 Å². The molecule has 0 atom stereocenters. The van der Waals surface area contributed by atoms with E-state index >= 15 is 0 Å². The van der Waals surface area contributed by atoms with Crippen LogP contribution in [0, 0.1) is 0 Å². The molecule has 1 aliphatic rings. The SMILES string of the molecule is CN(CC(=O)NC1CC1)S(=O)(=O)c1ccc(Br)s1. The summed E-state index contributed by atoms with van der Waals surface area (Å²) in [6.45, 7) is -0.144. The van der Waals surface area contributed by atoms with Crippen molar-refractivity contribution < 1.29 is 13.2 Å². The van der Waals surface area contributed by atoms with Gasteiger partial charge in [-0.05, 0) is 40.9 Å². The molecular weight excluding hydrogens is 340 g/mol. The third-order valence-corrected chi connectivity index (χ3v) is 6.42. The second-order valence-electron chi connectivity index (χ2n) is 4.16. The quantitative estimate of drug-likeness (QED) is 0.871. The van der Waals surface area contributed by atoms with E-state index in [2.05, 4.69) is 21.2 Å². The van der Waals surface area contributed by atoms with Crippen LogP contribution in [-0.4, -0.2) is 38.3 Å². The van der Waals surface area contributed by atoms with Crippen molar-refractivity contribution in [3.63, 3.8) is 0 Å². The summed E-state index contributed by atoms with van der Waals surface area (Å²) in [6.07, 6.45) is 1.97. The van der Waals surface area contributed by atoms with Crippen molar-refractivity contribution in [2.24, 2.45) is 0 Å². The normalized spacial score (nSPS) is 15.9. The molecule has 0 bridgehead atoms. The summed E-state index contributed by atoms with van der Waals surface area (Å²) in [6, 6.07) is 3.44. The molecule has 100 valence electrons. The summed E-state index contributed by atoms with van der Waals surface area (Å²) in [5.41, 5.74) is 0. The van der Waals surface area contributed by atoms with Crippen LogP contribution in [0.2, 0.25) is 0 Å². The van der Waals surface area contributed by atoms with Gasteiger partial charge in [0.15, 0.2) is 0 Å². The molecule has 2 rings (SSSR count). The Morgan fingerprint density at radius 3 is 2.72 bits per heavy atom. The third kappa shape index (κ3) is 3.31. The van der Waals surface area contributed by atoms with Gasteiger partial charge in [0.25, 0.3) is 10.0 Å². The fraction of sp³-hybridized carbons (Fsp3) is 0.500. The molecule has 8 heteroatoms. The summed E-state index contributed by atoms with van der Waals surface area (Å²) in [7, 11) is -2.16. The van der Waals surface area contributed by atoms with Gasteiger partial charge in [0.1, 0.15) is 4.21 Å². The molecule has 18 heavy (non-hydrogen) atoms. The van der Waals surface area contributed by atoms with Crippen LogP contribution in [0.25, 0.3) is 0 Å². The number of carbonyl (C=O) groups excluding carboxylic acids is 1. The van der Waals surface area contributed by atoms with E-state index in [1.165, 1.54) is 13.1 Å². The van der Waals surface area contributed by atoms with E-state index in [0.29, 0.717) is 0 Å². The predicted octanol–water partition coefficient (Wildman–Crippen LogP) is 1.41. The van der Waals surface area contributed by atoms with E-state index in [9.17, 15) is 13.2 Å². The van der Waals surface area contributed by atoms with E-state index in [1.54, 1.807) is 6.07 Å². The number of likely N-dealkylation sites (N-methyl/N-ethyl adjacent to an activating group) is 1. The zero-order valence-electron chi connectivity index (χ0n) is 9.72. The van der Waals surface area contributed by atoms with E-state index in [1.807, 2.05) is 0 Å². The Hall–Kier alpha value is -0.440. The molecule has 1 heterocycles. The highest BCUT2D eigenvalue weighted by atomic mass is 79.9. The Labute approximate surface area is 118 Å². The van der Waals surface area contributed by atoms with Crippen molar-refractivity contribution >= 4 is 43.2 Å². The second-order valence-corrected chi connectivity index (χ2v) is 8.90. The van der Waals surface area contributed by atoms with Crippen molar-refractivity contribution in [1.29, 1.82) is 0 Å². The number of thiophene rings is 1. The van der Waals surface area contributed by atoms with Crippen LogP contribution < -0.4 is 5.32 Å². The number of nitrogens with one attached hydrogen (secondary N) is 1. The molecule has 0 radical (unpaired) electrons. The third-order valence-electron chi connectivity index (χ3n) is 2.52. The maximum absolute atomic E-state index is 12.1. The van der Waals surface area contributed by atoms with E-state index in [-0.39, 0.29) is 22.7 Å². The minimum absolute atomic E-state index is 0.144. The molecule has 0 spiro atoms. The first kappa shape index (κ1) is 14.0. The Bertz CT molecular complexity index is 551. The van der Waals surface area contributed by atoms with Crippen molar-refractivity contribution in [2.75, 3.05) is 13.6 Å². The summed E-state index contributed by atoms with van der Waals surface area (Å²) < 4.78 is 26.3. The van der Waals surface area contributed by atoms with Crippen LogP contribution in [0.15, 0.2) is 20.1 Å². The molecule has 0 unspecified atom stereocenters. The summed E-state index contributed by atoms with van der Waals surface area (Å²) >= 11 is 4.35. The maximum atomic E-state index is 12.1. The summed E-state index contributed by atoms with van der Waals surface area (Å²) in [5.74, 6) is -0.251. The van der Waals surface area contributed by atoms with Gasteiger partial charge in [-0.25, -0.2) is 8.42 Å². The average Bonchev–Trinajstić information content (AvgIpc) is 2.96. The molecule has 5 nitrogen and oxygen atoms in total. The molecule has 1 N–H and O–H groups in total. The number of sulfonamides is 1. The zero-order chi connectivity index (χ0) is 13.3. The molecule has 1 aliphatic carbocycles. The van der Waals surface area contributed by atoms with Gasteiger partial charge in [-0.2, -0.15) is 4.31 Å². The lowest BCUT2D eigenvalue weighted by Crippen LogP contribution is -2.38. The first-order chi connectivity index (χ1) is 8.39. The first-order valence-corrected chi connectivity index (χ1v) is 8.45. The maximum Gasteiger partial charge on any atom is 0.252 e. The fourth-order valence-corrected chi connectivity index (χ4v) is 4.73. The average molecular weight is 353 g/mol. The van der Waals surface area contributed by atoms with Crippen molar-refractivity contribution in [2.45, 2.75) is 23.1 Å². The van der Waals surface area contributed by atoms with Gasteiger partial charge in [-0.1, -0.05) is 0 Å². The van der Waals surface area contributed by atoms with E-state index < -0.39 is 10.0 Å². The van der Waals surface area contributed by atoms with Crippen LogP contribution in [0.1, 0.15) is 12.8 Å². The topological polar surface area (TPSA) is 66.5 Å². The second kappa shape index (κ2) is 5.28. The molecule has 0 aromatic carbocycles. The number of halogens is 1. The molecular formula is C10H13BrN2O3S2. The minimum atomic E-state index is -3.57. The van der Waals surface area contributed by atoms with Gasteiger partial charge in [-0.3, -0.25) is 4.79 Å². The monoisotopic (exact) mass is 352 g/mol. The van der Waals surface area contributed by atoms with Crippen molar-refractivity contribution in [3.8, 4) is 0 Å². The number of carbonyl (C=O) groups is 1. The highest BCUT2D eigenvalue weighted by Gasteiger charge is 2.27. The molecule has 1 aromatic rings. The van der Waals surface area contributed by atoms with Crippen molar-refractivity contribution in [1.82, 2.24) is 9.62 Å². The molecule has 1 amide bonds. The molecule has 0 aliphatic heterocycles. The number of amides is 1. The molecule has 1 fully saturated rings. The Balaban J connectivity index is 2.02. The minimum Gasteiger partial charge on any atom is -0.352 e. The summed E-state index contributed by atoms with van der Waals surface area (Å²) in [5, 5.41) is 2.76. The van der Waals surface area contributed by atoms with Gasteiger partial charge >= 0.3 is 0 Å². The lowest BCUT2D eigenvalue weighted by molar-refractivity contribution is -0.121. The summed E-state index contributed by atoms with van der Waals surface area (Å²) in [4.78, 5) is 11.6. The lowest BCUT2D eigenvalue weighted by Gasteiger charge is -2.15. The Morgan fingerprint density at radius 2 is 2.22 bits per heavy atom. The van der Waals surface area contributed by atoms with E-state index in [4.69, 9.17) is 0 Å². The van der Waals surface area contributed by atoms with Gasteiger partial charge in [0.2, 0.25) is 5.91 Å². The Morgan fingerprint density at radius 1 is 1.56 bits per heavy atom. The van der Waals surface area contributed by atoms with Gasteiger partial charge in [0.05, 0.1) is 10.3 Å². The number of hydrogen-bond acceptors (Lipinski definition) is 4. The first-order valence-electron chi connectivity index (χ1n) is 5.40. The van der Waals surface area contributed by atoms with Gasteiger partial charge < -0.3 is 5.32 Å². The largest absolute Gasteiger partial charge is 0.352 e. The van der Waals surface area contributed by atoms with Crippen LogP contribution in [-0.2, 0) is 14.8 Å². The highest BCUT2D eigenvalue weighted by molar-refractivity contribution is 9.11. The molecule has 1 aromatic heterocycles. The number of hydrogen-bond donors (Lipinski definition) is 1. The van der Waals surface area contributed by atoms with Crippen molar-refractivity contribution in [3.05, 3.63) is 15.9 Å². The number of rotatable bonds is 5. The lowest BCUT2D eigenvalue weighted by atomic mass is 10.5. The predicted molar refractivity (Wildman–Crippen MR) is 73.0 cm³/mol. The van der Waals surface area contributed by atoms with Crippen LogP contribution in [0.4, 0.5) is 0 Å². The van der Waals surface area contributed by atoms with Gasteiger partial charge in [-0.15, -0.1) is 11.3 Å². The molecule has 1 saturated carbocycles. The standard InChI is InChI=1S/C10H13BrN2O3S2/c1-13(6-9(14)12-7-2-3-7)18(15,16)10-5-4-8(11)17-10/h4-5,7H,2-3,6H2,1H3,(H,12,14). The highest BCUT2D eigenvalue weighted by Crippen LogP contribution is 2.27. The van der Waals surface area contributed by atoms with E-state index in [0.717, 1.165) is 32.3 Å².